The van der Waals surface area contributed by atoms with Crippen molar-refractivity contribution in [1.29, 1.82) is 0 Å². The minimum atomic E-state index is -0.524. The molecule has 0 radical (unpaired) electrons. The van der Waals surface area contributed by atoms with E-state index in [9.17, 15) is 9.90 Å². The molecule has 0 aromatic heterocycles. The van der Waals surface area contributed by atoms with Gasteiger partial charge in [0, 0.05) is 18.3 Å². The van der Waals surface area contributed by atoms with Gasteiger partial charge in [0.2, 0.25) is 5.91 Å². The molecule has 0 aliphatic heterocycles. The average Bonchev–Trinajstić information content (AvgIpc) is 2.28. The molecule has 0 aliphatic rings. The number of halogens is 1. The zero-order valence-corrected chi connectivity index (χ0v) is 12.5. The number of carbonyl (C=O) groups excluding carboxylic acids is 1. The molecule has 0 fully saturated rings. The lowest BCUT2D eigenvalue weighted by atomic mass is 10.1. The zero-order valence-electron chi connectivity index (χ0n) is 11.7. The largest absolute Gasteiger partial charge is 0.398 e. The summed E-state index contributed by atoms with van der Waals surface area (Å²) in [4.78, 5) is 13.9. The van der Waals surface area contributed by atoms with Crippen LogP contribution in [0.15, 0.2) is 24.3 Å². The number of aliphatic hydroxyl groups is 1. The second-order valence-corrected chi connectivity index (χ2v) is 4.86. The Morgan fingerprint density at radius 3 is 2.37 bits per heavy atom. The summed E-state index contributed by atoms with van der Waals surface area (Å²) >= 11 is 0. The Labute approximate surface area is 121 Å². The molecular formula is C14H23ClN2O2. The molecule has 108 valence electrons. The first-order valence-corrected chi connectivity index (χ1v) is 6.22. The van der Waals surface area contributed by atoms with Gasteiger partial charge in [-0.1, -0.05) is 18.2 Å². The number of hydrogen-bond donors (Lipinski definition) is 2. The molecule has 0 aliphatic carbocycles. The highest BCUT2D eigenvalue weighted by molar-refractivity contribution is 5.85. The predicted molar refractivity (Wildman–Crippen MR) is 80.3 cm³/mol. The van der Waals surface area contributed by atoms with Crippen molar-refractivity contribution in [3.63, 3.8) is 0 Å². The standard InChI is InChI=1S/C14H22N2O2.ClH/c1-10(2)16(9-11(3)17)14(18)8-12-6-4-5-7-13(12)15;/h4-7,10-11,17H,8-9,15H2,1-3H3;1H. The highest BCUT2D eigenvalue weighted by Crippen LogP contribution is 2.13. The van der Waals surface area contributed by atoms with E-state index in [1.807, 2.05) is 32.0 Å². The van der Waals surface area contributed by atoms with E-state index in [0.29, 0.717) is 12.2 Å². The summed E-state index contributed by atoms with van der Waals surface area (Å²) in [6.07, 6.45) is -0.248. The van der Waals surface area contributed by atoms with Gasteiger partial charge in [0.25, 0.3) is 0 Å². The van der Waals surface area contributed by atoms with E-state index < -0.39 is 6.10 Å². The summed E-state index contributed by atoms with van der Waals surface area (Å²) in [5, 5.41) is 9.42. The van der Waals surface area contributed by atoms with Crippen LogP contribution in [0, 0.1) is 0 Å². The van der Waals surface area contributed by atoms with Gasteiger partial charge in [-0.25, -0.2) is 0 Å². The number of nitrogens with zero attached hydrogens (tertiary/aromatic N) is 1. The highest BCUT2D eigenvalue weighted by atomic mass is 35.5. The number of nitrogens with two attached hydrogens (primary N) is 1. The van der Waals surface area contributed by atoms with Gasteiger partial charge in [-0.3, -0.25) is 4.79 Å². The maximum atomic E-state index is 12.2. The number of carbonyl (C=O) groups is 1. The van der Waals surface area contributed by atoms with Crippen LogP contribution in [0.5, 0.6) is 0 Å². The molecule has 0 saturated carbocycles. The Morgan fingerprint density at radius 1 is 1.32 bits per heavy atom. The number of aliphatic hydroxyl groups excluding tert-OH is 1. The van der Waals surface area contributed by atoms with Crippen molar-refractivity contribution < 1.29 is 9.90 Å². The minimum absolute atomic E-state index is 0. The third-order valence-electron chi connectivity index (χ3n) is 2.80. The van der Waals surface area contributed by atoms with E-state index in [1.165, 1.54) is 0 Å². The van der Waals surface area contributed by atoms with Gasteiger partial charge in [-0.2, -0.15) is 0 Å². The summed E-state index contributed by atoms with van der Waals surface area (Å²) < 4.78 is 0. The monoisotopic (exact) mass is 286 g/mol. The smallest absolute Gasteiger partial charge is 0.227 e. The Balaban J connectivity index is 0.00000324. The molecule has 1 aromatic rings. The maximum absolute atomic E-state index is 12.2. The first-order chi connectivity index (χ1) is 8.41. The Kier molecular flexibility index (Phi) is 7.49. The van der Waals surface area contributed by atoms with Crippen molar-refractivity contribution in [2.24, 2.45) is 0 Å². The normalized spacial score (nSPS) is 11.8. The molecule has 1 rings (SSSR count). The molecule has 0 bridgehead atoms. The maximum Gasteiger partial charge on any atom is 0.227 e. The summed E-state index contributed by atoms with van der Waals surface area (Å²) in [5.74, 6) is -0.0104. The third kappa shape index (κ3) is 5.49. The quantitative estimate of drug-likeness (QED) is 0.812. The van der Waals surface area contributed by atoms with E-state index in [1.54, 1.807) is 17.9 Å². The van der Waals surface area contributed by atoms with Crippen LogP contribution in [0.4, 0.5) is 5.69 Å². The molecule has 19 heavy (non-hydrogen) atoms. The van der Waals surface area contributed by atoms with Crippen LogP contribution in [-0.2, 0) is 11.2 Å². The third-order valence-corrected chi connectivity index (χ3v) is 2.80. The highest BCUT2D eigenvalue weighted by Gasteiger charge is 2.19. The number of rotatable bonds is 5. The lowest BCUT2D eigenvalue weighted by Gasteiger charge is -2.28. The first kappa shape index (κ1) is 17.7. The average molecular weight is 287 g/mol. The van der Waals surface area contributed by atoms with Gasteiger partial charge < -0.3 is 15.7 Å². The van der Waals surface area contributed by atoms with Crippen molar-refractivity contribution in [3.8, 4) is 0 Å². The van der Waals surface area contributed by atoms with Crippen molar-refractivity contribution in [2.45, 2.75) is 39.3 Å². The van der Waals surface area contributed by atoms with Crippen LogP contribution in [0.2, 0.25) is 0 Å². The molecule has 3 N–H and O–H groups in total. The lowest BCUT2D eigenvalue weighted by Crippen LogP contribution is -2.42. The minimum Gasteiger partial charge on any atom is -0.398 e. The summed E-state index contributed by atoms with van der Waals surface area (Å²) in [6, 6.07) is 7.43. The fourth-order valence-electron chi connectivity index (χ4n) is 1.84. The van der Waals surface area contributed by atoms with Gasteiger partial charge in [0.1, 0.15) is 0 Å². The fourth-order valence-corrected chi connectivity index (χ4v) is 1.84. The predicted octanol–water partition coefficient (Wildman–Crippen LogP) is 1.85. The van der Waals surface area contributed by atoms with Crippen molar-refractivity contribution in [2.75, 3.05) is 12.3 Å². The molecular weight excluding hydrogens is 264 g/mol. The van der Waals surface area contributed by atoms with Gasteiger partial charge in [-0.15, -0.1) is 12.4 Å². The van der Waals surface area contributed by atoms with Crippen LogP contribution >= 0.6 is 12.4 Å². The molecule has 0 saturated heterocycles. The molecule has 1 atom stereocenters. The van der Waals surface area contributed by atoms with Crippen LogP contribution in [0.1, 0.15) is 26.3 Å². The first-order valence-electron chi connectivity index (χ1n) is 6.22. The molecule has 1 unspecified atom stereocenters. The zero-order chi connectivity index (χ0) is 13.7. The van der Waals surface area contributed by atoms with Gasteiger partial charge >= 0.3 is 0 Å². The number of benzene rings is 1. The van der Waals surface area contributed by atoms with Gasteiger partial charge in [0.05, 0.1) is 12.5 Å². The molecule has 1 amide bonds. The van der Waals surface area contributed by atoms with Crippen LogP contribution < -0.4 is 5.73 Å². The van der Waals surface area contributed by atoms with Crippen LogP contribution in [-0.4, -0.2) is 34.6 Å². The SMILES string of the molecule is CC(O)CN(C(=O)Cc1ccccc1N)C(C)C.Cl. The second kappa shape index (κ2) is 8.02. The molecule has 5 heteroatoms. The Morgan fingerprint density at radius 2 is 1.89 bits per heavy atom. The number of para-hydroxylation sites is 1. The molecule has 0 heterocycles. The molecule has 4 nitrogen and oxygen atoms in total. The Hall–Kier alpha value is -1.26. The van der Waals surface area contributed by atoms with E-state index >= 15 is 0 Å². The van der Waals surface area contributed by atoms with Crippen LogP contribution in [0.25, 0.3) is 0 Å². The van der Waals surface area contributed by atoms with Crippen molar-refractivity contribution in [1.82, 2.24) is 4.90 Å². The van der Waals surface area contributed by atoms with E-state index in [0.717, 1.165) is 5.56 Å². The topological polar surface area (TPSA) is 66.6 Å². The van der Waals surface area contributed by atoms with Gasteiger partial charge in [0.15, 0.2) is 0 Å². The second-order valence-electron chi connectivity index (χ2n) is 4.86. The fraction of sp³-hybridized carbons (Fsp3) is 0.500. The number of anilines is 1. The van der Waals surface area contributed by atoms with Crippen molar-refractivity contribution >= 4 is 24.0 Å². The van der Waals surface area contributed by atoms with Crippen LogP contribution in [0.3, 0.4) is 0 Å². The lowest BCUT2D eigenvalue weighted by molar-refractivity contribution is -0.133. The summed E-state index contributed by atoms with van der Waals surface area (Å²) in [5.41, 5.74) is 7.29. The summed E-state index contributed by atoms with van der Waals surface area (Å²) in [6.45, 7) is 5.91. The number of hydrogen-bond acceptors (Lipinski definition) is 3. The Bertz CT molecular complexity index is 408. The number of amides is 1. The van der Waals surface area contributed by atoms with E-state index in [4.69, 9.17) is 5.73 Å². The summed E-state index contributed by atoms with van der Waals surface area (Å²) in [7, 11) is 0. The van der Waals surface area contributed by atoms with Crippen molar-refractivity contribution in [3.05, 3.63) is 29.8 Å². The molecule has 1 aromatic carbocycles. The molecule has 0 spiro atoms. The van der Waals surface area contributed by atoms with E-state index in [-0.39, 0.29) is 30.8 Å². The number of nitrogen functional groups attached to an aromatic ring is 1. The van der Waals surface area contributed by atoms with E-state index in [2.05, 4.69) is 0 Å². The van der Waals surface area contributed by atoms with Gasteiger partial charge in [-0.05, 0) is 32.4 Å².